The summed E-state index contributed by atoms with van der Waals surface area (Å²) in [6, 6.07) is 0. The molecule has 0 N–H and O–H groups in total. The van der Waals surface area contributed by atoms with Crippen molar-refractivity contribution in [1.82, 2.24) is 40.0 Å². The van der Waals surface area contributed by atoms with E-state index in [-0.39, 0.29) is 0 Å². The Morgan fingerprint density at radius 1 is 0.719 bits per heavy atom. The molecule has 32 heavy (non-hydrogen) atoms. The highest BCUT2D eigenvalue weighted by molar-refractivity contribution is 8.02. The summed E-state index contributed by atoms with van der Waals surface area (Å²) in [5.74, 6) is 2.10. The van der Waals surface area contributed by atoms with Gasteiger partial charge in [0.2, 0.25) is 0 Å². The van der Waals surface area contributed by atoms with Crippen LogP contribution in [0.15, 0.2) is 19.3 Å². The van der Waals surface area contributed by atoms with Gasteiger partial charge in [0.05, 0.1) is 21.4 Å². The lowest BCUT2D eigenvalue weighted by molar-refractivity contribution is 0.461. The van der Waals surface area contributed by atoms with Crippen LogP contribution in [0.4, 0.5) is 0 Å². The second-order valence-electron chi connectivity index (χ2n) is 6.62. The third-order valence-corrected chi connectivity index (χ3v) is 7.23. The number of nitrogens with zero attached hydrogens (tertiary/aromatic N) is 8. The Balaban J connectivity index is 1.34. The third-order valence-electron chi connectivity index (χ3n) is 4.53. The predicted molar refractivity (Wildman–Crippen MR) is 123 cm³/mol. The van der Waals surface area contributed by atoms with Crippen LogP contribution < -0.4 is 0 Å². The second-order valence-corrected chi connectivity index (χ2v) is 9.46. The van der Waals surface area contributed by atoms with Crippen molar-refractivity contribution in [3.63, 3.8) is 0 Å². The topological polar surface area (TPSA) is 113 Å². The second kappa shape index (κ2) is 9.86. The molecule has 0 aliphatic rings. The molecule has 0 aliphatic carbocycles. The smallest absolute Gasteiger partial charge is 0.276 e. The molecule has 4 aromatic heterocycles. The highest BCUT2D eigenvalue weighted by Gasteiger charge is 2.22. The largest absolute Gasteiger partial charge is 0.410 e. The Kier molecular flexibility index (Phi) is 7.13. The van der Waals surface area contributed by atoms with E-state index in [2.05, 4.69) is 30.6 Å². The standard InChI is InChI=1S/C18H20Cl2N8O2S2/c1-5-9-11(19)13(27(3)25-9)15-21-23-17(29-15)31-7-8-32-18-24-22-16(30-18)14-12(20)10(6-2)26-28(14)4/h5-8H2,1-4H3. The van der Waals surface area contributed by atoms with Crippen molar-refractivity contribution in [2.75, 3.05) is 11.5 Å². The first-order valence-electron chi connectivity index (χ1n) is 9.78. The summed E-state index contributed by atoms with van der Waals surface area (Å²) in [4.78, 5) is 0. The Morgan fingerprint density at radius 2 is 1.12 bits per heavy atom. The first-order chi connectivity index (χ1) is 15.4. The number of aryl methyl sites for hydroxylation is 4. The average Bonchev–Trinajstić information content (AvgIpc) is 3.53. The molecule has 0 atom stereocenters. The van der Waals surface area contributed by atoms with Crippen molar-refractivity contribution in [1.29, 1.82) is 0 Å². The summed E-state index contributed by atoms with van der Waals surface area (Å²) in [6.45, 7) is 3.98. The third kappa shape index (κ3) is 4.54. The van der Waals surface area contributed by atoms with Crippen molar-refractivity contribution in [3.05, 3.63) is 21.4 Å². The summed E-state index contributed by atoms with van der Waals surface area (Å²) in [5.41, 5.74) is 2.84. The number of rotatable bonds is 9. The van der Waals surface area contributed by atoms with Gasteiger partial charge in [-0.3, -0.25) is 9.36 Å². The lowest BCUT2D eigenvalue weighted by atomic mass is 10.3. The number of halogens is 2. The molecule has 0 fully saturated rings. The SMILES string of the molecule is CCc1nn(C)c(-c2nnc(SCCSc3nnc(-c4c(Cl)c(CC)nn4C)o3)o2)c1Cl. The molecule has 4 aromatic rings. The van der Waals surface area contributed by atoms with Gasteiger partial charge in [-0.25, -0.2) is 0 Å². The highest BCUT2D eigenvalue weighted by atomic mass is 35.5. The van der Waals surface area contributed by atoms with Crippen LogP contribution in [0.25, 0.3) is 23.2 Å². The first kappa shape index (κ1) is 23.1. The highest BCUT2D eigenvalue weighted by Crippen LogP contribution is 2.33. The molecule has 0 amide bonds. The van der Waals surface area contributed by atoms with Gasteiger partial charge in [0, 0.05) is 25.6 Å². The molecule has 0 saturated heterocycles. The molecule has 0 aliphatic heterocycles. The fourth-order valence-corrected chi connectivity index (χ4v) is 5.25. The van der Waals surface area contributed by atoms with Gasteiger partial charge < -0.3 is 8.83 Å². The van der Waals surface area contributed by atoms with E-state index in [1.165, 1.54) is 23.5 Å². The van der Waals surface area contributed by atoms with E-state index in [1.54, 1.807) is 23.5 Å². The van der Waals surface area contributed by atoms with Crippen LogP contribution in [0, 0.1) is 0 Å². The molecule has 170 valence electrons. The molecule has 4 heterocycles. The molecule has 0 aromatic carbocycles. The zero-order valence-corrected chi connectivity index (χ0v) is 20.9. The molecule has 0 saturated carbocycles. The summed E-state index contributed by atoms with van der Waals surface area (Å²) in [7, 11) is 3.60. The predicted octanol–water partition coefficient (Wildman–Crippen LogP) is 4.57. The normalized spacial score (nSPS) is 11.6. The first-order valence-corrected chi connectivity index (χ1v) is 12.5. The molecule has 14 heteroatoms. The van der Waals surface area contributed by atoms with Gasteiger partial charge in [0.1, 0.15) is 11.4 Å². The lowest BCUT2D eigenvalue weighted by Gasteiger charge is -1.97. The molecular formula is C18H20Cl2N8O2S2. The zero-order valence-electron chi connectivity index (χ0n) is 17.8. The van der Waals surface area contributed by atoms with Crippen LogP contribution in [0.1, 0.15) is 25.2 Å². The molecule has 0 spiro atoms. The summed E-state index contributed by atoms with van der Waals surface area (Å²) >= 11 is 15.6. The molecule has 0 bridgehead atoms. The zero-order chi connectivity index (χ0) is 22.8. The lowest BCUT2D eigenvalue weighted by Crippen LogP contribution is -1.94. The Labute approximate surface area is 202 Å². The molecule has 0 radical (unpaired) electrons. The van der Waals surface area contributed by atoms with E-state index in [1.807, 2.05) is 13.8 Å². The fourth-order valence-electron chi connectivity index (χ4n) is 3.01. The van der Waals surface area contributed by atoms with E-state index in [4.69, 9.17) is 32.0 Å². The molecule has 4 rings (SSSR count). The van der Waals surface area contributed by atoms with Gasteiger partial charge >= 0.3 is 0 Å². The maximum Gasteiger partial charge on any atom is 0.276 e. The number of aromatic nitrogens is 8. The van der Waals surface area contributed by atoms with Crippen molar-refractivity contribution in [2.24, 2.45) is 14.1 Å². The average molecular weight is 515 g/mol. The van der Waals surface area contributed by atoms with Crippen LogP contribution in [-0.2, 0) is 26.9 Å². The number of thioether (sulfide) groups is 2. The van der Waals surface area contributed by atoms with Crippen molar-refractivity contribution in [3.8, 4) is 23.2 Å². The van der Waals surface area contributed by atoms with E-state index in [0.29, 0.717) is 55.2 Å². The van der Waals surface area contributed by atoms with Gasteiger partial charge in [-0.1, -0.05) is 60.6 Å². The Morgan fingerprint density at radius 3 is 1.47 bits per heavy atom. The van der Waals surface area contributed by atoms with Crippen molar-refractivity contribution in [2.45, 2.75) is 37.1 Å². The van der Waals surface area contributed by atoms with E-state index in [0.717, 1.165) is 24.2 Å². The maximum absolute atomic E-state index is 6.39. The van der Waals surface area contributed by atoms with Crippen LogP contribution in [0.5, 0.6) is 0 Å². The minimum Gasteiger partial charge on any atom is -0.410 e. The van der Waals surface area contributed by atoms with Crippen LogP contribution in [0.3, 0.4) is 0 Å². The van der Waals surface area contributed by atoms with Gasteiger partial charge in [-0.15, -0.1) is 20.4 Å². The monoisotopic (exact) mass is 514 g/mol. The van der Waals surface area contributed by atoms with E-state index in [9.17, 15) is 0 Å². The quantitative estimate of drug-likeness (QED) is 0.232. The summed E-state index contributed by atoms with van der Waals surface area (Å²) < 4.78 is 14.8. The van der Waals surface area contributed by atoms with Crippen LogP contribution >= 0.6 is 46.7 Å². The summed E-state index contributed by atoms with van der Waals surface area (Å²) in [5, 5.41) is 27.1. The van der Waals surface area contributed by atoms with Crippen molar-refractivity contribution >= 4 is 46.7 Å². The number of hydrogen-bond donors (Lipinski definition) is 0. The van der Waals surface area contributed by atoms with E-state index < -0.39 is 0 Å². The Hall–Kier alpha value is -2.02. The number of hydrogen-bond acceptors (Lipinski definition) is 10. The van der Waals surface area contributed by atoms with Gasteiger partial charge in [0.15, 0.2) is 0 Å². The van der Waals surface area contributed by atoms with Gasteiger partial charge in [-0.2, -0.15) is 10.2 Å². The van der Waals surface area contributed by atoms with E-state index >= 15 is 0 Å². The maximum atomic E-state index is 6.39. The van der Waals surface area contributed by atoms with Gasteiger partial charge in [0.25, 0.3) is 22.2 Å². The fraction of sp³-hybridized carbons (Fsp3) is 0.444. The van der Waals surface area contributed by atoms with Crippen molar-refractivity contribution < 1.29 is 8.83 Å². The minimum absolute atomic E-state index is 0.348. The Bertz CT molecular complexity index is 1140. The molecular weight excluding hydrogens is 495 g/mol. The van der Waals surface area contributed by atoms with Gasteiger partial charge in [-0.05, 0) is 12.8 Å². The molecule has 10 nitrogen and oxygen atoms in total. The molecule has 0 unspecified atom stereocenters. The van der Waals surface area contributed by atoms with Crippen LogP contribution in [0.2, 0.25) is 10.0 Å². The summed E-state index contributed by atoms with van der Waals surface area (Å²) in [6.07, 6.45) is 1.45. The minimum atomic E-state index is 0.348. The van der Waals surface area contributed by atoms with Crippen LogP contribution in [-0.4, -0.2) is 51.5 Å².